The van der Waals surface area contributed by atoms with Gasteiger partial charge in [-0.3, -0.25) is 0 Å². The number of hydrogen-bond donors (Lipinski definition) is 2. The second kappa shape index (κ2) is 8.21. The van der Waals surface area contributed by atoms with Gasteiger partial charge in [0.25, 0.3) is 0 Å². The van der Waals surface area contributed by atoms with E-state index in [1.54, 1.807) is 21.3 Å². The van der Waals surface area contributed by atoms with Crippen LogP contribution in [-0.4, -0.2) is 23.8 Å². The summed E-state index contributed by atoms with van der Waals surface area (Å²) in [7, 11) is 1.69. The molecule has 0 bridgehead atoms. The molecule has 0 saturated heterocycles. The second-order valence-electron chi connectivity index (χ2n) is 8.00. The fourth-order valence-electron chi connectivity index (χ4n) is 2.55. The Bertz CT molecular complexity index is 883. The third-order valence-corrected chi connectivity index (χ3v) is 5.15. The molecule has 0 aliphatic carbocycles. The standard InChI is InChI=1S/C24H27BNO2/c1-23(2,27)24(3,4)28-25-20-12-16-22(17-13-20)26-21-14-10-19(11-15-21)18-8-6-5-7-9-18/h5-17,26-27H,1-4H3. The Morgan fingerprint density at radius 3 is 1.75 bits per heavy atom. The number of rotatable bonds is 7. The van der Waals surface area contributed by atoms with Crippen molar-refractivity contribution in [1.82, 2.24) is 0 Å². The maximum absolute atomic E-state index is 10.2. The Balaban J connectivity index is 1.60. The normalized spacial score (nSPS) is 11.9. The fourth-order valence-corrected chi connectivity index (χ4v) is 2.55. The molecule has 0 aliphatic heterocycles. The van der Waals surface area contributed by atoms with E-state index in [0.29, 0.717) is 0 Å². The lowest BCUT2D eigenvalue weighted by atomic mass is 9.82. The zero-order chi connectivity index (χ0) is 20.2. The largest absolute Gasteiger partial charge is 0.427 e. The molecule has 0 unspecified atom stereocenters. The van der Waals surface area contributed by atoms with Gasteiger partial charge in [-0.15, -0.1) is 0 Å². The Labute approximate surface area is 168 Å². The van der Waals surface area contributed by atoms with E-state index in [2.05, 4.69) is 41.7 Å². The maximum atomic E-state index is 10.2. The highest BCUT2D eigenvalue weighted by Gasteiger charge is 2.35. The second-order valence-corrected chi connectivity index (χ2v) is 8.00. The van der Waals surface area contributed by atoms with Gasteiger partial charge < -0.3 is 15.1 Å². The van der Waals surface area contributed by atoms with Crippen molar-refractivity contribution in [1.29, 1.82) is 0 Å². The molecule has 3 aromatic carbocycles. The van der Waals surface area contributed by atoms with Crippen LogP contribution in [0.2, 0.25) is 0 Å². The minimum atomic E-state index is -0.934. The predicted octanol–water partition coefficient (Wildman–Crippen LogP) is 4.91. The van der Waals surface area contributed by atoms with E-state index >= 15 is 0 Å². The highest BCUT2D eigenvalue weighted by Crippen LogP contribution is 2.25. The predicted molar refractivity (Wildman–Crippen MR) is 118 cm³/mol. The van der Waals surface area contributed by atoms with Gasteiger partial charge in [0.05, 0.1) is 11.2 Å². The van der Waals surface area contributed by atoms with Crippen LogP contribution in [0.4, 0.5) is 11.4 Å². The smallest absolute Gasteiger partial charge is 0.330 e. The Hall–Kier alpha value is -2.56. The molecular weight excluding hydrogens is 345 g/mol. The quantitative estimate of drug-likeness (QED) is 0.579. The molecule has 0 spiro atoms. The summed E-state index contributed by atoms with van der Waals surface area (Å²) in [6, 6.07) is 26.7. The summed E-state index contributed by atoms with van der Waals surface area (Å²) in [5.41, 5.74) is 3.79. The van der Waals surface area contributed by atoms with Gasteiger partial charge in [-0.05, 0) is 63.1 Å². The summed E-state index contributed by atoms with van der Waals surface area (Å²) in [5.74, 6) is 0. The molecule has 3 rings (SSSR count). The Morgan fingerprint density at radius 1 is 0.714 bits per heavy atom. The average Bonchev–Trinajstić information content (AvgIpc) is 2.68. The monoisotopic (exact) mass is 372 g/mol. The minimum Gasteiger partial charge on any atom is -0.427 e. The first-order valence-corrected chi connectivity index (χ1v) is 9.51. The topological polar surface area (TPSA) is 41.5 Å². The van der Waals surface area contributed by atoms with E-state index in [1.165, 1.54) is 11.1 Å². The molecule has 0 fully saturated rings. The fraction of sp³-hybridized carbons (Fsp3) is 0.250. The van der Waals surface area contributed by atoms with Crippen molar-refractivity contribution in [2.24, 2.45) is 0 Å². The molecule has 2 N–H and O–H groups in total. The number of aliphatic hydroxyl groups is 1. The Morgan fingerprint density at radius 2 is 1.21 bits per heavy atom. The van der Waals surface area contributed by atoms with Gasteiger partial charge in [0.1, 0.15) is 0 Å². The molecule has 4 heteroatoms. The van der Waals surface area contributed by atoms with Crippen molar-refractivity contribution in [2.75, 3.05) is 5.32 Å². The van der Waals surface area contributed by atoms with E-state index in [9.17, 15) is 5.11 Å². The number of hydrogen-bond acceptors (Lipinski definition) is 3. The van der Waals surface area contributed by atoms with E-state index in [4.69, 9.17) is 4.65 Å². The van der Waals surface area contributed by atoms with Gasteiger partial charge in [0.15, 0.2) is 0 Å². The van der Waals surface area contributed by atoms with E-state index in [0.717, 1.165) is 16.8 Å². The summed E-state index contributed by atoms with van der Waals surface area (Å²) in [4.78, 5) is 0. The van der Waals surface area contributed by atoms with Crippen molar-refractivity contribution in [3.8, 4) is 11.1 Å². The molecule has 0 heterocycles. The van der Waals surface area contributed by atoms with Gasteiger partial charge in [0, 0.05) is 11.4 Å². The van der Waals surface area contributed by atoms with Crippen LogP contribution < -0.4 is 10.8 Å². The first-order chi connectivity index (χ1) is 13.2. The van der Waals surface area contributed by atoms with Gasteiger partial charge >= 0.3 is 7.48 Å². The molecule has 0 amide bonds. The van der Waals surface area contributed by atoms with Crippen LogP contribution in [0.5, 0.6) is 0 Å². The van der Waals surface area contributed by atoms with Crippen LogP contribution in [0.15, 0.2) is 78.9 Å². The molecular formula is C24H27BNO2. The van der Waals surface area contributed by atoms with Gasteiger partial charge in [-0.25, -0.2) is 0 Å². The molecule has 3 nitrogen and oxygen atoms in total. The number of anilines is 2. The molecule has 28 heavy (non-hydrogen) atoms. The SMILES string of the molecule is CC(C)(O)C(C)(C)O[B]c1ccc(Nc2ccc(-c3ccccc3)cc2)cc1. The minimum absolute atomic E-state index is 0.676. The molecule has 143 valence electrons. The van der Waals surface area contributed by atoms with Crippen molar-refractivity contribution >= 4 is 24.3 Å². The molecule has 0 aromatic heterocycles. The molecule has 0 aliphatic rings. The van der Waals surface area contributed by atoms with E-state index in [-0.39, 0.29) is 0 Å². The highest BCUT2D eigenvalue weighted by molar-refractivity contribution is 6.47. The average molecular weight is 372 g/mol. The van der Waals surface area contributed by atoms with Gasteiger partial charge in [-0.2, -0.15) is 0 Å². The van der Waals surface area contributed by atoms with Crippen LogP contribution in [0.3, 0.4) is 0 Å². The van der Waals surface area contributed by atoms with Crippen molar-refractivity contribution < 1.29 is 9.76 Å². The Kier molecular flexibility index (Phi) is 5.92. The molecule has 0 atom stereocenters. The summed E-state index contributed by atoms with van der Waals surface area (Å²) >= 11 is 0. The molecule has 1 radical (unpaired) electrons. The van der Waals surface area contributed by atoms with Crippen LogP contribution in [-0.2, 0) is 4.65 Å². The first kappa shape index (κ1) is 20.2. The third-order valence-electron chi connectivity index (χ3n) is 5.15. The van der Waals surface area contributed by atoms with Crippen LogP contribution >= 0.6 is 0 Å². The summed E-state index contributed by atoms with van der Waals surface area (Å²) in [6.45, 7) is 7.24. The van der Waals surface area contributed by atoms with Crippen LogP contribution in [0, 0.1) is 0 Å². The zero-order valence-electron chi connectivity index (χ0n) is 16.9. The lowest BCUT2D eigenvalue weighted by molar-refractivity contribution is -0.0893. The van der Waals surface area contributed by atoms with E-state index in [1.807, 2.05) is 56.3 Å². The van der Waals surface area contributed by atoms with Crippen molar-refractivity contribution in [3.05, 3.63) is 78.9 Å². The maximum Gasteiger partial charge on any atom is 0.330 e. The van der Waals surface area contributed by atoms with Crippen molar-refractivity contribution in [3.63, 3.8) is 0 Å². The highest BCUT2D eigenvalue weighted by atomic mass is 16.5. The van der Waals surface area contributed by atoms with E-state index < -0.39 is 11.2 Å². The summed E-state index contributed by atoms with van der Waals surface area (Å²) in [6.07, 6.45) is 0. The summed E-state index contributed by atoms with van der Waals surface area (Å²) in [5, 5.41) is 13.6. The van der Waals surface area contributed by atoms with Gasteiger partial charge in [0.2, 0.25) is 0 Å². The first-order valence-electron chi connectivity index (χ1n) is 9.51. The molecule has 0 saturated carbocycles. The zero-order valence-corrected chi connectivity index (χ0v) is 16.9. The third kappa shape index (κ3) is 5.03. The van der Waals surface area contributed by atoms with Gasteiger partial charge in [-0.1, -0.05) is 60.1 Å². The number of nitrogens with one attached hydrogen (secondary N) is 1. The van der Waals surface area contributed by atoms with Crippen LogP contribution in [0.25, 0.3) is 11.1 Å². The summed E-state index contributed by atoms with van der Waals surface area (Å²) < 4.78 is 5.80. The van der Waals surface area contributed by atoms with Crippen molar-refractivity contribution in [2.45, 2.75) is 38.9 Å². The lowest BCUT2D eigenvalue weighted by Gasteiger charge is -2.37. The number of benzene rings is 3. The van der Waals surface area contributed by atoms with Crippen LogP contribution in [0.1, 0.15) is 27.7 Å². The lowest BCUT2D eigenvalue weighted by Crippen LogP contribution is -2.49. The molecule has 3 aromatic rings.